The highest BCUT2D eigenvalue weighted by Crippen LogP contribution is 2.25. The van der Waals surface area contributed by atoms with Gasteiger partial charge in [0.25, 0.3) is 0 Å². The first kappa shape index (κ1) is 14.9. The van der Waals surface area contributed by atoms with Crippen LogP contribution in [-0.2, 0) is 22.5 Å². The van der Waals surface area contributed by atoms with Crippen LogP contribution in [0.25, 0.3) is 0 Å². The van der Waals surface area contributed by atoms with Gasteiger partial charge in [0.1, 0.15) is 0 Å². The van der Waals surface area contributed by atoms with E-state index in [1.165, 1.54) is 7.11 Å². The predicted molar refractivity (Wildman–Crippen MR) is 83.6 cm³/mol. The molecule has 0 bridgehead atoms. The molecule has 1 aromatic carbocycles. The second kappa shape index (κ2) is 6.77. The summed E-state index contributed by atoms with van der Waals surface area (Å²) in [6, 6.07) is 9.85. The number of halogens is 1. The van der Waals surface area contributed by atoms with E-state index in [0.717, 1.165) is 21.0 Å². The second-order valence-electron chi connectivity index (χ2n) is 4.46. The van der Waals surface area contributed by atoms with Crippen molar-refractivity contribution in [3.05, 3.63) is 50.7 Å². The lowest BCUT2D eigenvalue weighted by atomic mass is 10.2. The number of nitrogens with one attached hydrogen (secondary N) is 1. The van der Waals surface area contributed by atoms with Crippen molar-refractivity contribution in [2.24, 2.45) is 0 Å². The fraction of sp³-hybridized carbons (Fsp3) is 0.267. The topological polar surface area (TPSA) is 38.3 Å². The fourth-order valence-corrected chi connectivity index (χ4v) is 2.91. The van der Waals surface area contributed by atoms with E-state index in [0.29, 0.717) is 18.0 Å². The Morgan fingerprint density at radius 3 is 2.80 bits per heavy atom. The average molecular weight is 310 g/mol. The lowest BCUT2D eigenvalue weighted by molar-refractivity contribution is -0.139. The van der Waals surface area contributed by atoms with Crippen molar-refractivity contribution in [3.63, 3.8) is 0 Å². The molecule has 5 heteroatoms. The van der Waals surface area contributed by atoms with Gasteiger partial charge in [-0.15, -0.1) is 11.3 Å². The van der Waals surface area contributed by atoms with E-state index < -0.39 is 0 Å². The van der Waals surface area contributed by atoms with Crippen molar-refractivity contribution < 1.29 is 9.53 Å². The maximum Gasteiger partial charge on any atom is 0.310 e. The summed E-state index contributed by atoms with van der Waals surface area (Å²) >= 11 is 7.73. The molecule has 1 heterocycles. The Hall–Kier alpha value is -1.52. The molecule has 0 radical (unpaired) electrons. The summed E-state index contributed by atoms with van der Waals surface area (Å²) in [6.45, 7) is 2.72. The lowest BCUT2D eigenvalue weighted by Crippen LogP contribution is -2.02. The van der Waals surface area contributed by atoms with Gasteiger partial charge in [0.05, 0.1) is 24.2 Å². The summed E-state index contributed by atoms with van der Waals surface area (Å²) in [4.78, 5) is 13.4. The van der Waals surface area contributed by atoms with Gasteiger partial charge in [-0.05, 0) is 36.8 Å². The summed E-state index contributed by atoms with van der Waals surface area (Å²) in [7, 11) is 1.40. The van der Waals surface area contributed by atoms with E-state index in [-0.39, 0.29) is 5.97 Å². The maximum absolute atomic E-state index is 11.2. The third-order valence-corrected chi connectivity index (χ3v) is 4.25. The summed E-state index contributed by atoms with van der Waals surface area (Å²) in [6.07, 6.45) is 0.326. The van der Waals surface area contributed by atoms with Crippen molar-refractivity contribution in [1.82, 2.24) is 0 Å². The molecule has 0 aliphatic carbocycles. The number of benzene rings is 1. The smallest absolute Gasteiger partial charge is 0.310 e. The molecule has 0 aliphatic rings. The molecule has 2 aromatic rings. The Kier molecular flexibility index (Phi) is 5.04. The monoisotopic (exact) mass is 309 g/mol. The molecule has 3 nitrogen and oxygen atoms in total. The highest BCUT2D eigenvalue weighted by molar-refractivity contribution is 7.12. The van der Waals surface area contributed by atoms with Crippen LogP contribution in [0.3, 0.4) is 0 Å². The van der Waals surface area contributed by atoms with E-state index >= 15 is 0 Å². The summed E-state index contributed by atoms with van der Waals surface area (Å²) in [5.41, 5.74) is 2.09. The zero-order valence-electron chi connectivity index (χ0n) is 11.4. The van der Waals surface area contributed by atoms with E-state index in [1.54, 1.807) is 11.3 Å². The number of thiophene rings is 1. The molecule has 1 N–H and O–H groups in total. The van der Waals surface area contributed by atoms with Gasteiger partial charge in [-0.1, -0.05) is 17.7 Å². The Morgan fingerprint density at radius 2 is 2.05 bits per heavy atom. The first-order valence-corrected chi connectivity index (χ1v) is 7.42. The van der Waals surface area contributed by atoms with Crippen LogP contribution in [0.4, 0.5) is 5.69 Å². The molecular formula is C15H16ClNO2S. The van der Waals surface area contributed by atoms with Crippen LogP contribution in [0, 0.1) is 6.92 Å². The highest BCUT2D eigenvalue weighted by atomic mass is 35.5. The van der Waals surface area contributed by atoms with Crippen molar-refractivity contribution >= 4 is 34.6 Å². The number of hydrogen-bond donors (Lipinski definition) is 1. The molecule has 0 aliphatic heterocycles. The van der Waals surface area contributed by atoms with Crippen LogP contribution >= 0.6 is 22.9 Å². The number of rotatable bonds is 5. The van der Waals surface area contributed by atoms with Crippen LogP contribution in [0.1, 0.15) is 15.3 Å². The molecule has 106 valence electrons. The normalized spacial score (nSPS) is 10.3. The van der Waals surface area contributed by atoms with Crippen molar-refractivity contribution in [2.75, 3.05) is 12.4 Å². The summed E-state index contributed by atoms with van der Waals surface area (Å²) in [5, 5.41) is 4.02. The molecule has 0 amide bonds. The average Bonchev–Trinajstić information content (AvgIpc) is 2.87. The van der Waals surface area contributed by atoms with E-state index in [2.05, 4.69) is 10.1 Å². The third kappa shape index (κ3) is 3.99. The lowest BCUT2D eigenvalue weighted by Gasteiger charge is -2.08. The van der Waals surface area contributed by atoms with E-state index in [4.69, 9.17) is 11.6 Å². The molecule has 0 atom stereocenters. The number of carbonyl (C=O) groups excluding carboxylic acids is 1. The largest absolute Gasteiger partial charge is 0.469 e. The molecule has 0 unspecified atom stereocenters. The molecular weight excluding hydrogens is 294 g/mol. The van der Waals surface area contributed by atoms with Gasteiger partial charge in [-0.3, -0.25) is 4.79 Å². The predicted octanol–water partition coefficient (Wildman–Crippen LogP) is 4.04. The minimum Gasteiger partial charge on any atom is -0.469 e. The van der Waals surface area contributed by atoms with Crippen molar-refractivity contribution in [1.29, 1.82) is 0 Å². The Labute approximate surface area is 127 Å². The number of ether oxygens (including phenoxy) is 1. The summed E-state index contributed by atoms with van der Waals surface area (Å²) < 4.78 is 4.66. The highest BCUT2D eigenvalue weighted by Gasteiger charge is 2.07. The molecule has 0 saturated heterocycles. The number of esters is 1. The minimum atomic E-state index is -0.215. The number of aryl methyl sites for hydroxylation is 1. The van der Waals surface area contributed by atoms with Crippen molar-refractivity contribution in [3.8, 4) is 0 Å². The Balaban J connectivity index is 1.97. The van der Waals surface area contributed by atoms with Gasteiger partial charge in [0.15, 0.2) is 0 Å². The van der Waals surface area contributed by atoms with Crippen molar-refractivity contribution in [2.45, 2.75) is 19.9 Å². The summed E-state index contributed by atoms with van der Waals surface area (Å²) in [5.74, 6) is -0.215. The third-order valence-electron chi connectivity index (χ3n) is 2.84. The zero-order chi connectivity index (χ0) is 14.5. The second-order valence-corrected chi connectivity index (χ2v) is 6.12. The van der Waals surface area contributed by atoms with E-state index in [1.807, 2.05) is 37.3 Å². The van der Waals surface area contributed by atoms with Gasteiger partial charge in [-0.25, -0.2) is 0 Å². The van der Waals surface area contributed by atoms with Gasteiger partial charge >= 0.3 is 5.97 Å². The van der Waals surface area contributed by atoms with Crippen LogP contribution in [0.15, 0.2) is 30.3 Å². The standard InChI is InChI=1S/C15H16ClNO2S/c1-10-3-6-13(16)14(7-10)17-9-12-5-4-11(20-12)8-15(18)19-2/h3-7,17H,8-9H2,1-2H3. The fourth-order valence-electron chi connectivity index (χ4n) is 1.78. The zero-order valence-corrected chi connectivity index (χ0v) is 13.0. The molecule has 2 rings (SSSR count). The van der Waals surface area contributed by atoms with E-state index in [9.17, 15) is 4.79 Å². The molecule has 1 aromatic heterocycles. The molecule has 0 saturated carbocycles. The van der Waals surface area contributed by atoms with Crippen LogP contribution in [-0.4, -0.2) is 13.1 Å². The van der Waals surface area contributed by atoms with Gasteiger partial charge < -0.3 is 10.1 Å². The van der Waals surface area contributed by atoms with Crippen LogP contribution in [0.2, 0.25) is 5.02 Å². The molecule has 20 heavy (non-hydrogen) atoms. The quantitative estimate of drug-likeness (QED) is 0.847. The Bertz CT molecular complexity index is 610. The minimum absolute atomic E-state index is 0.215. The number of hydrogen-bond acceptors (Lipinski definition) is 4. The number of anilines is 1. The van der Waals surface area contributed by atoms with Gasteiger partial charge in [0.2, 0.25) is 0 Å². The molecule has 0 spiro atoms. The van der Waals surface area contributed by atoms with Gasteiger partial charge in [-0.2, -0.15) is 0 Å². The first-order chi connectivity index (χ1) is 9.58. The van der Waals surface area contributed by atoms with Crippen LogP contribution < -0.4 is 5.32 Å². The maximum atomic E-state index is 11.2. The molecule has 0 fully saturated rings. The Morgan fingerprint density at radius 1 is 1.30 bits per heavy atom. The van der Waals surface area contributed by atoms with Crippen LogP contribution in [0.5, 0.6) is 0 Å². The number of methoxy groups -OCH3 is 1. The van der Waals surface area contributed by atoms with Gasteiger partial charge in [0, 0.05) is 16.3 Å². The SMILES string of the molecule is COC(=O)Cc1ccc(CNc2cc(C)ccc2Cl)s1. The number of carbonyl (C=O) groups is 1. The first-order valence-electron chi connectivity index (χ1n) is 6.23.